The summed E-state index contributed by atoms with van der Waals surface area (Å²) >= 11 is 3.57. The van der Waals surface area contributed by atoms with Crippen molar-refractivity contribution in [3.8, 4) is 0 Å². The van der Waals surface area contributed by atoms with Crippen LogP contribution < -0.4 is 5.32 Å². The van der Waals surface area contributed by atoms with Crippen molar-refractivity contribution in [2.45, 2.75) is 43.8 Å². The van der Waals surface area contributed by atoms with E-state index in [1.165, 1.54) is 5.56 Å². The number of rotatable bonds is 5. The van der Waals surface area contributed by atoms with Gasteiger partial charge in [0, 0.05) is 16.4 Å². The van der Waals surface area contributed by atoms with Gasteiger partial charge in [0.2, 0.25) is 5.91 Å². The Balaban J connectivity index is 1.60. The van der Waals surface area contributed by atoms with E-state index in [2.05, 4.69) is 27.3 Å². The number of carboxylic acid groups (broad SMARTS) is 1. The predicted molar refractivity (Wildman–Crippen MR) is 88.1 cm³/mol. The summed E-state index contributed by atoms with van der Waals surface area (Å²) in [7, 11) is 0. The molecule has 23 heavy (non-hydrogen) atoms. The molecule has 1 amide bonds. The number of carboxylic acids is 1. The van der Waals surface area contributed by atoms with E-state index < -0.39 is 18.2 Å². The molecule has 124 valence electrons. The Labute approximate surface area is 143 Å². The lowest BCUT2D eigenvalue weighted by atomic mass is 9.95. The summed E-state index contributed by atoms with van der Waals surface area (Å²) in [4.78, 5) is 23.4. The van der Waals surface area contributed by atoms with Gasteiger partial charge < -0.3 is 15.2 Å². The third kappa shape index (κ3) is 3.28. The van der Waals surface area contributed by atoms with Gasteiger partial charge in [-0.1, -0.05) is 41.1 Å². The number of halogens is 1. The standard InChI is InChI=1S/C17H20BrNO4/c1-10-8-13(23-14(10)16(21)22)15(20)19-9-17(6-7-17)11-4-2-3-5-12(11)18/h2-5,10,13-14H,6-9H2,1H3,(H,19,20)(H,21,22)/t10-,13-,14-/m1/s1. The molecule has 1 saturated heterocycles. The van der Waals surface area contributed by atoms with E-state index in [4.69, 9.17) is 9.84 Å². The third-order valence-corrected chi connectivity index (χ3v) is 5.54. The van der Waals surface area contributed by atoms with Crippen LogP contribution in [0.3, 0.4) is 0 Å². The number of amides is 1. The zero-order valence-corrected chi connectivity index (χ0v) is 14.5. The van der Waals surface area contributed by atoms with Crippen LogP contribution in [0.2, 0.25) is 0 Å². The fourth-order valence-corrected chi connectivity index (χ4v) is 3.96. The molecular formula is C17H20BrNO4. The van der Waals surface area contributed by atoms with E-state index >= 15 is 0 Å². The Kier molecular flexibility index (Phi) is 4.47. The lowest BCUT2D eigenvalue weighted by Crippen LogP contribution is -2.39. The highest BCUT2D eigenvalue weighted by Crippen LogP contribution is 2.49. The summed E-state index contributed by atoms with van der Waals surface area (Å²) in [5.41, 5.74) is 1.20. The van der Waals surface area contributed by atoms with Crippen LogP contribution in [0, 0.1) is 5.92 Å². The van der Waals surface area contributed by atoms with E-state index in [9.17, 15) is 9.59 Å². The summed E-state index contributed by atoms with van der Waals surface area (Å²) in [6, 6.07) is 8.07. The van der Waals surface area contributed by atoms with Crippen molar-refractivity contribution in [3.63, 3.8) is 0 Å². The molecule has 6 heteroatoms. The highest BCUT2D eigenvalue weighted by Gasteiger charge is 2.46. The molecule has 1 aliphatic heterocycles. The Morgan fingerprint density at radius 1 is 1.39 bits per heavy atom. The number of hydrogen-bond acceptors (Lipinski definition) is 3. The quantitative estimate of drug-likeness (QED) is 0.821. The van der Waals surface area contributed by atoms with Gasteiger partial charge in [-0.3, -0.25) is 4.79 Å². The molecule has 0 unspecified atom stereocenters. The number of carbonyl (C=O) groups excluding carboxylic acids is 1. The van der Waals surface area contributed by atoms with Crippen molar-refractivity contribution in [2.75, 3.05) is 6.54 Å². The molecule has 5 nitrogen and oxygen atoms in total. The Morgan fingerprint density at radius 2 is 2.09 bits per heavy atom. The molecule has 1 saturated carbocycles. The maximum Gasteiger partial charge on any atom is 0.333 e. The van der Waals surface area contributed by atoms with Gasteiger partial charge in [0.05, 0.1) is 0 Å². The molecule has 0 aromatic heterocycles. The Bertz CT molecular complexity index is 629. The molecule has 0 spiro atoms. The Morgan fingerprint density at radius 3 is 2.65 bits per heavy atom. The van der Waals surface area contributed by atoms with Crippen molar-refractivity contribution in [2.24, 2.45) is 5.92 Å². The minimum atomic E-state index is -1.00. The number of ether oxygens (including phenoxy) is 1. The van der Waals surface area contributed by atoms with Crippen molar-refractivity contribution in [1.29, 1.82) is 0 Å². The zero-order chi connectivity index (χ0) is 16.6. The molecule has 0 radical (unpaired) electrons. The largest absolute Gasteiger partial charge is 0.479 e. The minimum absolute atomic E-state index is 0.00776. The molecule has 1 aromatic rings. The normalized spacial score (nSPS) is 28.3. The van der Waals surface area contributed by atoms with Gasteiger partial charge >= 0.3 is 5.97 Å². The van der Waals surface area contributed by atoms with Crippen LogP contribution >= 0.6 is 15.9 Å². The fraction of sp³-hybridized carbons (Fsp3) is 0.529. The van der Waals surface area contributed by atoms with Crippen LogP contribution in [0.1, 0.15) is 31.7 Å². The monoisotopic (exact) mass is 381 g/mol. The summed E-state index contributed by atoms with van der Waals surface area (Å²) in [6.07, 6.45) is 0.973. The van der Waals surface area contributed by atoms with E-state index in [0.717, 1.165) is 17.3 Å². The van der Waals surface area contributed by atoms with Gasteiger partial charge in [0.25, 0.3) is 0 Å². The number of nitrogens with one attached hydrogen (secondary N) is 1. The first-order valence-electron chi connectivity index (χ1n) is 7.84. The molecule has 2 fully saturated rings. The lowest BCUT2D eigenvalue weighted by Gasteiger charge is -2.19. The average molecular weight is 382 g/mol. The molecule has 1 heterocycles. The van der Waals surface area contributed by atoms with Crippen LogP contribution in [0.15, 0.2) is 28.7 Å². The molecule has 2 N–H and O–H groups in total. The van der Waals surface area contributed by atoms with Gasteiger partial charge in [-0.15, -0.1) is 0 Å². The second-order valence-corrected chi connectivity index (χ2v) is 7.43. The number of hydrogen-bond donors (Lipinski definition) is 2. The van der Waals surface area contributed by atoms with E-state index in [-0.39, 0.29) is 17.2 Å². The highest BCUT2D eigenvalue weighted by atomic mass is 79.9. The summed E-state index contributed by atoms with van der Waals surface area (Å²) in [6.45, 7) is 2.36. The van der Waals surface area contributed by atoms with Crippen molar-refractivity contribution >= 4 is 27.8 Å². The van der Waals surface area contributed by atoms with Crippen molar-refractivity contribution in [3.05, 3.63) is 34.3 Å². The molecule has 1 aromatic carbocycles. The van der Waals surface area contributed by atoms with Crippen molar-refractivity contribution < 1.29 is 19.4 Å². The fourth-order valence-electron chi connectivity index (χ4n) is 3.25. The molecule has 3 rings (SSSR count). The topological polar surface area (TPSA) is 75.6 Å². The van der Waals surface area contributed by atoms with E-state index in [0.29, 0.717) is 13.0 Å². The molecule has 1 aliphatic carbocycles. The van der Waals surface area contributed by atoms with Crippen LogP contribution in [0.4, 0.5) is 0 Å². The van der Waals surface area contributed by atoms with E-state index in [1.54, 1.807) is 6.92 Å². The Hall–Kier alpha value is -1.40. The SMILES string of the molecule is C[C@@H]1C[C@H](C(=O)NCC2(c3ccccc3Br)CC2)O[C@H]1C(=O)O. The second-order valence-electron chi connectivity index (χ2n) is 6.57. The minimum Gasteiger partial charge on any atom is -0.479 e. The van der Waals surface area contributed by atoms with Crippen LogP contribution in [-0.2, 0) is 19.7 Å². The lowest BCUT2D eigenvalue weighted by molar-refractivity contribution is -0.153. The van der Waals surface area contributed by atoms with E-state index in [1.807, 2.05) is 18.2 Å². The highest BCUT2D eigenvalue weighted by molar-refractivity contribution is 9.10. The molecule has 0 bridgehead atoms. The first kappa shape index (κ1) is 16.5. The molecular weight excluding hydrogens is 362 g/mol. The first-order valence-corrected chi connectivity index (χ1v) is 8.63. The molecule has 2 aliphatic rings. The van der Waals surface area contributed by atoms with Gasteiger partial charge in [-0.2, -0.15) is 0 Å². The smallest absolute Gasteiger partial charge is 0.333 e. The first-order chi connectivity index (χ1) is 10.9. The van der Waals surface area contributed by atoms with Crippen LogP contribution in [-0.4, -0.2) is 35.7 Å². The van der Waals surface area contributed by atoms with Crippen LogP contribution in [0.5, 0.6) is 0 Å². The maximum absolute atomic E-state index is 12.3. The number of benzene rings is 1. The van der Waals surface area contributed by atoms with Gasteiger partial charge in [-0.25, -0.2) is 4.79 Å². The number of carbonyl (C=O) groups is 2. The summed E-state index contributed by atoms with van der Waals surface area (Å²) in [5, 5.41) is 12.0. The average Bonchev–Trinajstić information content (AvgIpc) is 3.20. The number of aliphatic carboxylic acids is 1. The van der Waals surface area contributed by atoms with Crippen molar-refractivity contribution in [1.82, 2.24) is 5.32 Å². The van der Waals surface area contributed by atoms with Gasteiger partial charge in [0.15, 0.2) is 6.10 Å². The summed E-state index contributed by atoms with van der Waals surface area (Å²) < 4.78 is 6.45. The second kappa shape index (κ2) is 6.24. The van der Waals surface area contributed by atoms with Crippen LogP contribution in [0.25, 0.3) is 0 Å². The summed E-state index contributed by atoms with van der Waals surface area (Å²) in [5.74, 6) is -1.36. The third-order valence-electron chi connectivity index (χ3n) is 4.85. The van der Waals surface area contributed by atoms with Gasteiger partial charge in [0.1, 0.15) is 6.10 Å². The maximum atomic E-state index is 12.3. The van der Waals surface area contributed by atoms with Gasteiger partial charge in [-0.05, 0) is 36.8 Å². The molecule has 3 atom stereocenters. The zero-order valence-electron chi connectivity index (χ0n) is 12.9. The predicted octanol–water partition coefficient (Wildman–Crippen LogP) is 2.48.